The number of hydrogen-bond donors (Lipinski definition) is 2. The van der Waals surface area contributed by atoms with E-state index in [-0.39, 0.29) is 5.09 Å². The van der Waals surface area contributed by atoms with Gasteiger partial charge in [-0.3, -0.25) is 4.72 Å². The number of rotatable bonds is 6. The molecule has 0 amide bonds. The molecule has 108 valence electrons. The van der Waals surface area contributed by atoms with Crippen molar-refractivity contribution in [1.29, 1.82) is 0 Å². The van der Waals surface area contributed by atoms with E-state index in [1.807, 2.05) is 13.0 Å². The van der Waals surface area contributed by atoms with E-state index >= 15 is 0 Å². The Balaban J connectivity index is 2.18. The quantitative estimate of drug-likeness (QED) is 0.832. The van der Waals surface area contributed by atoms with E-state index < -0.39 is 10.0 Å². The van der Waals surface area contributed by atoms with Crippen LogP contribution in [-0.4, -0.2) is 15.0 Å². The van der Waals surface area contributed by atoms with Gasteiger partial charge in [0.1, 0.15) is 5.76 Å². The normalized spacial score (nSPS) is 11.5. The zero-order chi connectivity index (χ0) is 14.6. The van der Waals surface area contributed by atoms with Crippen molar-refractivity contribution in [2.24, 2.45) is 0 Å². The number of benzene rings is 1. The first-order valence-electron chi connectivity index (χ1n) is 6.09. The van der Waals surface area contributed by atoms with Crippen LogP contribution in [-0.2, 0) is 16.6 Å². The second kappa shape index (κ2) is 6.43. The average molecular weight is 359 g/mol. The molecule has 0 aliphatic carbocycles. The summed E-state index contributed by atoms with van der Waals surface area (Å²) in [6, 6.07) is 10.1. The molecule has 0 aliphatic heterocycles. The second-order valence-electron chi connectivity index (χ2n) is 4.09. The molecule has 7 heteroatoms. The van der Waals surface area contributed by atoms with E-state index in [1.165, 1.54) is 6.07 Å². The molecular weight excluding hydrogens is 344 g/mol. The van der Waals surface area contributed by atoms with Crippen molar-refractivity contribution in [3.8, 4) is 0 Å². The fraction of sp³-hybridized carbons (Fsp3) is 0.231. The molecule has 2 aromatic rings. The molecule has 0 saturated carbocycles. The molecule has 0 bridgehead atoms. The van der Waals surface area contributed by atoms with Crippen molar-refractivity contribution >= 4 is 31.6 Å². The SMILES string of the molecule is CCNCc1ccc(S(=O)(=O)Nc2ccccc2Br)o1. The van der Waals surface area contributed by atoms with Crippen molar-refractivity contribution in [2.75, 3.05) is 11.3 Å². The molecule has 0 atom stereocenters. The smallest absolute Gasteiger partial charge is 0.295 e. The fourth-order valence-corrected chi connectivity index (χ4v) is 3.13. The lowest BCUT2D eigenvalue weighted by molar-refractivity contribution is 0.405. The maximum Gasteiger partial charge on any atom is 0.295 e. The van der Waals surface area contributed by atoms with Crippen molar-refractivity contribution in [2.45, 2.75) is 18.6 Å². The number of para-hydroxylation sites is 1. The molecule has 0 saturated heterocycles. The maximum absolute atomic E-state index is 12.2. The van der Waals surface area contributed by atoms with Gasteiger partial charge in [-0.05, 0) is 46.7 Å². The Bertz CT molecular complexity index is 682. The molecule has 1 aromatic heterocycles. The van der Waals surface area contributed by atoms with Crippen molar-refractivity contribution in [1.82, 2.24) is 5.32 Å². The first-order chi connectivity index (χ1) is 9.53. The van der Waals surface area contributed by atoms with Gasteiger partial charge in [0.15, 0.2) is 0 Å². The minimum absolute atomic E-state index is 0.0962. The predicted molar refractivity (Wildman–Crippen MR) is 81.0 cm³/mol. The van der Waals surface area contributed by atoms with Gasteiger partial charge in [0, 0.05) is 4.47 Å². The number of hydrogen-bond acceptors (Lipinski definition) is 4. The van der Waals surface area contributed by atoms with Crippen LogP contribution in [0.1, 0.15) is 12.7 Å². The van der Waals surface area contributed by atoms with E-state index in [2.05, 4.69) is 26.0 Å². The monoisotopic (exact) mass is 358 g/mol. The van der Waals surface area contributed by atoms with Crippen LogP contribution in [0.25, 0.3) is 0 Å². The molecule has 2 rings (SSSR count). The van der Waals surface area contributed by atoms with Gasteiger partial charge in [-0.2, -0.15) is 8.42 Å². The van der Waals surface area contributed by atoms with E-state index in [9.17, 15) is 8.42 Å². The van der Waals surface area contributed by atoms with Crippen molar-refractivity contribution in [3.05, 3.63) is 46.6 Å². The Kier molecular flexibility index (Phi) is 4.85. The summed E-state index contributed by atoms with van der Waals surface area (Å²) in [7, 11) is -3.71. The highest BCUT2D eigenvalue weighted by atomic mass is 79.9. The first-order valence-corrected chi connectivity index (χ1v) is 8.37. The van der Waals surface area contributed by atoms with Crippen LogP contribution in [0.4, 0.5) is 5.69 Å². The van der Waals surface area contributed by atoms with Gasteiger partial charge in [0.05, 0.1) is 12.2 Å². The summed E-state index contributed by atoms with van der Waals surface area (Å²) < 4.78 is 32.9. The van der Waals surface area contributed by atoms with E-state index in [0.29, 0.717) is 22.5 Å². The van der Waals surface area contributed by atoms with E-state index in [0.717, 1.165) is 6.54 Å². The molecule has 0 radical (unpaired) electrons. The van der Waals surface area contributed by atoms with Crippen LogP contribution in [0.3, 0.4) is 0 Å². The standard InChI is InChI=1S/C13H15BrN2O3S/c1-2-15-9-10-7-8-13(19-10)20(17,18)16-12-6-4-3-5-11(12)14/h3-8,15-16H,2,9H2,1H3. The maximum atomic E-state index is 12.2. The Morgan fingerprint density at radius 2 is 1.95 bits per heavy atom. The molecular formula is C13H15BrN2O3S. The summed E-state index contributed by atoms with van der Waals surface area (Å²) in [6.45, 7) is 3.26. The summed E-state index contributed by atoms with van der Waals surface area (Å²) in [5.74, 6) is 0.583. The van der Waals surface area contributed by atoms with E-state index in [4.69, 9.17) is 4.42 Å². The van der Waals surface area contributed by atoms with Crippen LogP contribution in [0, 0.1) is 0 Å². The van der Waals surface area contributed by atoms with Gasteiger partial charge in [0.25, 0.3) is 10.0 Å². The second-order valence-corrected chi connectivity index (χ2v) is 6.55. The summed E-state index contributed by atoms with van der Waals surface area (Å²) >= 11 is 3.29. The van der Waals surface area contributed by atoms with Crippen molar-refractivity contribution < 1.29 is 12.8 Å². The number of halogens is 1. The highest BCUT2D eigenvalue weighted by Gasteiger charge is 2.19. The molecule has 1 heterocycles. The summed E-state index contributed by atoms with van der Waals surface area (Å²) in [4.78, 5) is 0. The third-order valence-electron chi connectivity index (χ3n) is 2.57. The zero-order valence-corrected chi connectivity index (χ0v) is 13.3. The molecule has 1 aromatic carbocycles. The average Bonchev–Trinajstić information content (AvgIpc) is 2.88. The van der Waals surface area contributed by atoms with Gasteiger partial charge >= 0.3 is 0 Å². The third-order valence-corrected chi connectivity index (χ3v) is 4.50. The Morgan fingerprint density at radius 1 is 1.20 bits per heavy atom. The third kappa shape index (κ3) is 3.62. The largest absolute Gasteiger partial charge is 0.446 e. The van der Waals surface area contributed by atoms with Gasteiger partial charge in [-0.25, -0.2) is 0 Å². The van der Waals surface area contributed by atoms with E-state index in [1.54, 1.807) is 24.3 Å². The fourth-order valence-electron chi connectivity index (χ4n) is 1.58. The molecule has 0 fully saturated rings. The predicted octanol–water partition coefficient (Wildman–Crippen LogP) is 2.95. The van der Waals surface area contributed by atoms with Crippen LogP contribution >= 0.6 is 15.9 Å². The van der Waals surface area contributed by atoms with Crippen LogP contribution < -0.4 is 10.0 Å². The summed E-state index contributed by atoms with van der Waals surface area (Å²) in [5, 5.41) is 2.98. The van der Waals surface area contributed by atoms with Gasteiger partial charge in [0.2, 0.25) is 5.09 Å². The molecule has 0 spiro atoms. The zero-order valence-electron chi connectivity index (χ0n) is 10.9. The van der Waals surface area contributed by atoms with Gasteiger partial charge < -0.3 is 9.73 Å². The minimum Gasteiger partial charge on any atom is -0.446 e. The Labute approximate surface area is 126 Å². The molecule has 5 nitrogen and oxygen atoms in total. The topological polar surface area (TPSA) is 71.3 Å². The Morgan fingerprint density at radius 3 is 2.65 bits per heavy atom. The number of anilines is 1. The highest BCUT2D eigenvalue weighted by Crippen LogP contribution is 2.25. The number of furan rings is 1. The lowest BCUT2D eigenvalue weighted by Crippen LogP contribution is -2.13. The summed E-state index contributed by atoms with van der Waals surface area (Å²) in [5.41, 5.74) is 0.470. The molecule has 0 aliphatic rings. The van der Waals surface area contributed by atoms with Gasteiger partial charge in [-0.1, -0.05) is 19.1 Å². The lowest BCUT2D eigenvalue weighted by Gasteiger charge is -2.07. The van der Waals surface area contributed by atoms with Crippen LogP contribution in [0.5, 0.6) is 0 Å². The Hall–Kier alpha value is -1.31. The minimum atomic E-state index is -3.71. The van der Waals surface area contributed by atoms with Crippen LogP contribution in [0.2, 0.25) is 0 Å². The lowest BCUT2D eigenvalue weighted by atomic mass is 10.3. The molecule has 2 N–H and O–H groups in total. The molecule has 20 heavy (non-hydrogen) atoms. The first kappa shape index (κ1) is 15.1. The van der Waals surface area contributed by atoms with Crippen LogP contribution in [0.15, 0.2) is 50.4 Å². The van der Waals surface area contributed by atoms with Crippen molar-refractivity contribution in [3.63, 3.8) is 0 Å². The highest BCUT2D eigenvalue weighted by molar-refractivity contribution is 9.10. The van der Waals surface area contributed by atoms with Gasteiger partial charge in [-0.15, -0.1) is 0 Å². The molecule has 0 unspecified atom stereocenters. The number of sulfonamides is 1. The number of nitrogens with one attached hydrogen (secondary N) is 2. The summed E-state index contributed by atoms with van der Waals surface area (Å²) in [6.07, 6.45) is 0.